The third kappa shape index (κ3) is 8.48. The molecule has 0 spiro atoms. The van der Waals surface area contributed by atoms with Crippen LogP contribution in [0.1, 0.15) is 32.6 Å². The highest BCUT2D eigenvalue weighted by Gasteiger charge is 2.00. The van der Waals surface area contributed by atoms with Gasteiger partial charge in [-0.1, -0.05) is 19.8 Å². The minimum atomic E-state index is 0.834. The fraction of sp³-hybridized carbons (Fsp3) is 1.00. The van der Waals surface area contributed by atoms with Crippen molar-refractivity contribution in [1.29, 1.82) is 0 Å². The van der Waals surface area contributed by atoms with Crippen LogP contribution in [0.4, 0.5) is 0 Å². The average Bonchev–Trinajstić information content (AvgIpc) is 2.22. The normalized spacial score (nSPS) is 11.1. The monoisotopic (exact) mass is 202 g/mol. The van der Waals surface area contributed by atoms with Gasteiger partial charge >= 0.3 is 0 Å². The molecule has 0 fully saturated rings. The van der Waals surface area contributed by atoms with Crippen LogP contribution in [0.3, 0.4) is 0 Å². The summed E-state index contributed by atoms with van der Waals surface area (Å²) in [5.74, 6) is 0. The highest BCUT2D eigenvalue weighted by Crippen LogP contribution is 2.00. The molecule has 0 radical (unpaired) electrons. The zero-order valence-corrected chi connectivity index (χ0v) is 9.80. The van der Waals surface area contributed by atoms with Crippen molar-refractivity contribution in [1.82, 2.24) is 4.90 Å². The second-order valence-electron chi connectivity index (χ2n) is 3.63. The smallest absolute Gasteiger partial charge is 0.0589 e. The van der Waals surface area contributed by atoms with Crippen molar-refractivity contribution in [3.8, 4) is 0 Å². The van der Waals surface area contributed by atoms with Gasteiger partial charge < -0.3 is 15.4 Å². The Kier molecular flexibility index (Phi) is 10.9. The molecule has 86 valence electrons. The van der Waals surface area contributed by atoms with E-state index in [0.717, 1.165) is 26.2 Å². The Morgan fingerprint density at radius 2 is 1.79 bits per heavy atom. The Hall–Kier alpha value is -0.120. The van der Waals surface area contributed by atoms with Crippen LogP contribution < -0.4 is 5.73 Å². The summed E-state index contributed by atoms with van der Waals surface area (Å²) >= 11 is 0. The summed E-state index contributed by atoms with van der Waals surface area (Å²) in [6, 6.07) is 0. The van der Waals surface area contributed by atoms with E-state index in [1.807, 2.05) is 0 Å². The Labute approximate surface area is 88.6 Å². The molecular weight excluding hydrogens is 176 g/mol. The van der Waals surface area contributed by atoms with E-state index in [0.29, 0.717) is 0 Å². The number of ether oxygens (including phenoxy) is 1. The van der Waals surface area contributed by atoms with Crippen molar-refractivity contribution in [2.45, 2.75) is 32.6 Å². The van der Waals surface area contributed by atoms with Gasteiger partial charge in [0, 0.05) is 13.7 Å². The van der Waals surface area contributed by atoms with E-state index in [1.165, 1.54) is 32.2 Å². The molecule has 3 heteroatoms. The number of hydrogen-bond donors (Lipinski definition) is 1. The van der Waals surface area contributed by atoms with Gasteiger partial charge in [0.05, 0.1) is 6.61 Å². The van der Waals surface area contributed by atoms with Gasteiger partial charge in [-0.2, -0.15) is 0 Å². The van der Waals surface area contributed by atoms with Crippen LogP contribution in [-0.2, 0) is 4.74 Å². The second-order valence-corrected chi connectivity index (χ2v) is 3.63. The number of nitrogens with zero attached hydrogens (tertiary/aromatic N) is 1. The number of rotatable bonds is 10. The van der Waals surface area contributed by atoms with E-state index in [2.05, 4.69) is 11.8 Å². The molecule has 0 saturated heterocycles. The molecule has 0 amide bonds. The summed E-state index contributed by atoms with van der Waals surface area (Å²) in [4.78, 5) is 2.44. The highest BCUT2D eigenvalue weighted by molar-refractivity contribution is 4.55. The van der Waals surface area contributed by atoms with Crippen molar-refractivity contribution < 1.29 is 4.74 Å². The Balaban J connectivity index is 3.24. The van der Waals surface area contributed by atoms with Gasteiger partial charge in [-0.25, -0.2) is 0 Å². The Bertz CT molecular complexity index is 109. The molecule has 0 unspecified atom stereocenters. The molecular formula is C11H26N2O. The molecule has 3 nitrogen and oxygen atoms in total. The Morgan fingerprint density at radius 1 is 1.07 bits per heavy atom. The molecule has 0 saturated carbocycles. The molecule has 0 heterocycles. The predicted octanol–water partition coefficient (Wildman–Crippen LogP) is 1.47. The van der Waals surface area contributed by atoms with Crippen molar-refractivity contribution in [2.75, 3.05) is 39.9 Å². The number of nitrogens with two attached hydrogens (primary N) is 1. The zero-order valence-electron chi connectivity index (χ0n) is 9.80. The van der Waals surface area contributed by atoms with E-state index < -0.39 is 0 Å². The summed E-state index contributed by atoms with van der Waals surface area (Å²) in [5.41, 5.74) is 5.44. The van der Waals surface area contributed by atoms with Crippen LogP contribution >= 0.6 is 0 Å². The fourth-order valence-corrected chi connectivity index (χ4v) is 1.48. The van der Waals surface area contributed by atoms with Gasteiger partial charge in [0.15, 0.2) is 0 Å². The van der Waals surface area contributed by atoms with Gasteiger partial charge in [0.1, 0.15) is 0 Å². The summed E-state index contributed by atoms with van der Waals surface area (Å²) in [6.07, 6.45) is 5.04. The van der Waals surface area contributed by atoms with Crippen molar-refractivity contribution in [3.63, 3.8) is 0 Å². The van der Waals surface area contributed by atoms with E-state index >= 15 is 0 Å². The molecule has 0 aromatic carbocycles. The first kappa shape index (κ1) is 13.9. The van der Waals surface area contributed by atoms with Crippen molar-refractivity contribution >= 4 is 0 Å². The van der Waals surface area contributed by atoms with Gasteiger partial charge in [-0.15, -0.1) is 0 Å². The molecule has 2 N–H and O–H groups in total. The maximum Gasteiger partial charge on any atom is 0.0589 e. The first-order valence-corrected chi connectivity index (χ1v) is 5.76. The van der Waals surface area contributed by atoms with E-state index in [-0.39, 0.29) is 0 Å². The molecule has 0 aliphatic carbocycles. The number of likely N-dealkylation sites (N-methyl/N-ethyl adjacent to an activating group) is 1. The fourth-order valence-electron chi connectivity index (χ4n) is 1.48. The van der Waals surface area contributed by atoms with Crippen molar-refractivity contribution in [2.24, 2.45) is 5.73 Å². The van der Waals surface area contributed by atoms with Crippen LogP contribution in [0.15, 0.2) is 0 Å². The van der Waals surface area contributed by atoms with Crippen LogP contribution in [0.5, 0.6) is 0 Å². The molecule has 0 atom stereocenters. The third-order valence-corrected chi connectivity index (χ3v) is 2.49. The molecule has 0 aromatic rings. The molecule has 0 aliphatic heterocycles. The van der Waals surface area contributed by atoms with E-state index in [4.69, 9.17) is 10.5 Å². The Morgan fingerprint density at radius 3 is 2.36 bits per heavy atom. The van der Waals surface area contributed by atoms with Gasteiger partial charge in [0.25, 0.3) is 0 Å². The average molecular weight is 202 g/mol. The minimum Gasteiger partial charge on any atom is -0.383 e. The maximum absolute atomic E-state index is 5.44. The van der Waals surface area contributed by atoms with E-state index in [9.17, 15) is 0 Å². The maximum atomic E-state index is 5.44. The van der Waals surface area contributed by atoms with Gasteiger partial charge in [0.2, 0.25) is 0 Å². The van der Waals surface area contributed by atoms with Crippen LogP contribution in [0, 0.1) is 0 Å². The van der Waals surface area contributed by atoms with Gasteiger partial charge in [-0.3, -0.25) is 0 Å². The highest BCUT2D eigenvalue weighted by atomic mass is 16.5. The molecule has 0 bridgehead atoms. The van der Waals surface area contributed by atoms with Crippen LogP contribution in [0.2, 0.25) is 0 Å². The largest absolute Gasteiger partial charge is 0.383 e. The van der Waals surface area contributed by atoms with Gasteiger partial charge in [-0.05, 0) is 32.5 Å². The summed E-state index contributed by atoms with van der Waals surface area (Å²) in [7, 11) is 1.76. The summed E-state index contributed by atoms with van der Waals surface area (Å²) in [5, 5.41) is 0. The van der Waals surface area contributed by atoms with Crippen LogP contribution in [0.25, 0.3) is 0 Å². The second kappa shape index (κ2) is 11.0. The predicted molar refractivity (Wildman–Crippen MR) is 61.5 cm³/mol. The number of hydrogen-bond acceptors (Lipinski definition) is 3. The summed E-state index contributed by atoms with van der Waals surface area (Å²) < 4.78 is 5.06. The molecule has 14 heavy (non-hydrogen) atoms. The lowest BCUT2D eigenvalue weighted by Crippen LogP contribution is -2.28. The number of methoxy groups -OCH3 is 1. The quantitative estimate of drug-likeness (QED) is 0.545. The lowest BCUT2D eigenvalue weighted by Gasteiger charge is -2.19. The zero-order chi connectivity index (χ0) is 10.6. The standard InChI is InChI=1S/C11H26N2O/c1-3-13(10-11-14-2)9-7-5-4-6-8-12/h3-12H2,1-2H3. The third-order valence-electron chi connectivity index (χ3n) is 2.49. The SMILES string of the molecule is CCN(CCCCCCN)CCOC. The lowest BCUT2D eigenvalue weighted by molar-refractivity contribution is 0.149. The van der Waals surface area contributed by atoms with E-state index in [1.54, 1.807) is 7.11 Å². The minimum absolute atomic E-state index is 0.834. The number of unbranched alkanes of at least 4 members (excludes halogenated alkanes) is 3. The lowest BCUT2D eigenvalue weighted by atomic mass is 10.2. The summed E-state index contributed by atoms with van der Waals surface area (Å²) in [6.45, 7) is 7.27. The first-order chi connectivity index (χ1) is 6.85. The molecule has 0 aliphatic rings. The molecule has 0 rings (SSSR count). The molecule has 0 aromatic heterocycles. The van der Waals surface area contributed by atoms with Crippen molar-refractivity contribution in [3.05, 3.63) is 0 Å². The topological polar surface area (TPSA) is 38.5 Å². The first-order valence-electron chi connectivity index (χ1n) is 5.76. The van der Waals surface area contributed by atoms with Crippen LogP contribution in [-0.4, -0.2) is 44.8 Å².